The molecule has 1 unspecified atom stereocenters. The molecular formula is C33H30O6. The molecule has 0 amide bonds. The molecule has 6 heteroatoms. The third-order valence-corrected chi connectivity index (χ3v) is 7.14. The summed E-state index contributed by atoms with van der Waals surface area (Å²) in [5.41, 5.74) is 1.04. The van der Waals surface area contributed by atoms with E-state index in [4.69, 9.17) is 14.2 Å². The number of benzene rings is 5. The Labute approximate surface area is 226 Å². The molecule has 5 aromatic rings. The number of ether oxygens (including phenoxy) is 3. The highest BCUT2D eigenvalue weighted by molar-refractivity contribution is 6.26. The third-order valence-electron chi connectivity index (χ3n) is 7.14. The Balaban J connectivity index is 1.23. The number of unbranched alkanes of at least 4 members (excludes halogenated alkanes) is 1. The Hall–Kier alpha value is -4.45. The van der Waals surface area contributed by atoms with Crippen LogP contribution in [0.3, 0.4) is 0 Å². The fourth-order valence-electron chi connectivity index (χ4n) is 4.71. The number of esters is 2. The predicted octanol–water partition coefficient (Wildman–Crippen LogP) is 7.36. The minimum Gasteiger partial charge on any atom is -0.494 e. The van der Waals surface area contributed by atoms with E-state index in [9.17, 15) is 14.4 Å². The van der Waals surface area contributed by atoms with Crippen molar-refractivity contribution in [1.29, 1.82) is 0 Å². The van der Waals surface area contributed by atoms with Gasteiger partial charge in [0.15, 0.2) is 6.29 Å². The van der Waals surface area contributed by atoms with Gasteiger partial charge in [-0.2, -0.15) is 0 Å². The lowest BCUT2D eigenvalue weighted by atomic mass is 9.92. The van der Waals surface area contributed by atoms with Crippen LogP contribution in [0, 0.1) is 5.92 Å². The van der Waals surface area contributed by atoms with Gasteiger partial charge in [0.25, 0.3) is 0 Å². The Kier molecular flexibility index (Phi) is 7.73. The minimum absolute atomic E-state index is 0.0723. The molecule has 0 saturated carbocycles. The molecule has 5 rings (SSSR count). The van der Waals surface area contributed by atoms with Gasteiger partial charge in [-0.05, 0) is 77.2 Å². The first-order chi connectivity index (χ1) is 19.0. The zero-order valence-electron chi connectivity index (χ0n) is 22.1. The number of carbonyl (C=O) groups excluding carboxylic acids is 3. The maximum absolute atomic E-state index is 13.0. The van der Waals surface area contributed by atoms with Crippen LogP contribution in [-0.2, 0) is 9.53 Å². The van der Waals surface area contributed by atoms with Crippen molar-refractivity contribution in [3.05, 3.63) is 83.9 Å². The SMILES string of the molecule is CCC(C)C(=O)OCCCCOc1ccc(C(=O)Oc2ccc3ccc4ccc(C=O)c5ccc2c3c45)cc1. The number of aldehydes is 1. The molecule has 39 heavy (non-hydrogen) atoms. The van der Waals surface area contributed by atoms with E-state index in [-0.39, 0.29) is 11.9 Å². The normalized spacial score (nSPS) is 12.1. The van der Waals surface area contributed by atoms with Crippen LogP contribution in [0.1, 0.15) is 53.8 Å². The summed E-state index contributed by atoms with van der Waals surface area (Å²) in [6.45, 7) is 4.70. The molecular weight excluding hydrogens is 492 g/mol. The summed E-state index contributed by atoms with van der Waals surface area (Å²) in [4.78, 5) is 36.3. The second kappa shape index (κ2) is 11.5. The topological polar surface area (TPSA) is 78.9 Å². The molecule has 5 aromatic carbocycles. The van der Waals surface area contributed by atoms with E-state index in [2.05, 4.69) is 0 Å². The Morgan fingerprint density at radius 2 is 1.44 bits per heavy atom. The van der Waals surface area contributed by atoms with Gasteiger partial charge in [0.2, 0.25) is 0 Å². The first kappa shape index (κ1) is 26.2. The third kappa shape index (κ3) is 5.41. The average Bonchev–Trinajstić information content (AvgIpc) is 2.97. The molecule has 0 saturated heterocycles. The smallest absolute Gasteiger partial charge is 0.343 e. The van der Waals surface area contributed by atoms with Gasteiger partial charge in [-0.25, -0.2) is 4.79 Å². The van der Waals surface area contributed by atoms with E-state index in [0.717, 1.165) is 57.9 Å². The second-order valence-corrected chi connectivity index (χ2v) is 9.71. The maximum Gasteiger partial charge on any atom is 0.343 e. The van der Waals surface area contributed by atoms with E-state index >= 15 is 0 Å². The van der Waals surface area contributed by atoms with Crippen molar-refractivity contribution >= 4 is 50.5 Å². The fourth-order valence-corrected chi connectivity index (χ4v) is 4.71. The molecule has 1 atom stereocenters. The summed E-state index contributed by atoms with van der Waals surface area (Å²) in [7, 11) is 0. The molecule has 0 fully saturated rings. The number of rotatable bonds is 11. The highest BCUT2D eigenvalue weighted by Gasteiger charge is 2.16. The first-order valence-corrected chi connectivity index (χ1v) is 13.3. The van der Waals surface area contributed by atoms with Crippen LogP contribution in [0.4, 0.5) is 0 Å². The Bertz CT molecular complexity index is 1640. The van der Waals surface area contributed by atoms with Gasteiger partial charge in [-0.1, -0.05) is 50.2 Å². The van der Waals surface area contributed by atoms with Crippen molar-refractivity contribution in [3.63, 3.8) is 0 Å². The number of hydrogen-bond acceptors (Lipinski definition) is 6. The summed E-state index contributed by atoms with van der Waals surface area (Å²) in [6.07, 6.45) is 3.11. The molecule has 0 aliphatic carbocycles. The van der Waals surface area contributed by atoms with Crippen molar-refractivity contribution in [2.24, 2.45) is 5.92 Å². The molecule has 0 aliphatic heterocycles. The molecule has 0 aliphatic rings. The molecule has 6 nitrogen and oxygen atoms in total. The van der Waals surface area contributed by atoms with Gasteiger partial charge < -0.3 is 14.2 Å². The monoisotopic (exact) mass is 522 g/mol. The van der Waals surface area contributed by atoms with E-state index in [0.29, 0.717) is 35.8 Å². The van der Waals surface area contributed by atoms with Gasteiger partial charge in [-0.15, -0.1) is 0 Å². The van der Waals surface area contributed by atoms with Crippen molar-refractivity contribution in [1.82, 2.24) is 0 Å². The van der Waals surface area contributed by atoms with Crippen LogP contribution in [-0.4, -0.2) is 31.4 Å². The predicted molar refractivity (Wildman–Crippen MR) is 152 cm³/mol. The highest BCUT2D eigenvalue weighted by Crippen LogP contribution is 2.39. The minimum atomic E-state index is -0.465. The molecule has 0 heterocycles. The lowest BCUT2D eigenvalue weighted by molar-refractivity contribution is -0.148. The van der Waals surface area contributed by atoms with E-state index in [1.165, 1.54) is 0 Å². The second-order valence-electron chi connectivity index (χ2n) is 9.71. The molecule has 0 radical (unpaired) electrons. The summed E-state index contributed by atoms with van der Waals surface area (Å²) in [5, 5.41) is 5.70. The van der Waals surface area contributed by atoms with Crippen LogP contribution in [0.15, 0.2) is 72.8 Å². The number of carbonyl (C=O) groups is 3. The quantitative estimate of drug-likeness (QED) is 0.0593. The van der Waals surface area contributed by atoms with E-state index in [1.807, 2.05) is 56.3 Å². The van der Waals surface area contributed by atoms with Crippen molar-refractivity contribution in [2.45, 2.75) is 33.1 Å². The molecule has 0 aromatic heterocycles. The fraction of sp³-hybridized carbons (Fsp3) is 0.242. The average molecular weight is 523 g/mol. The van der Waals surface area contributed by atoms with Crippen LogP contribution >= 0.6 is 0 Å². The van der Waals surface area contributed by atoms with Crippen LogP contribution in [0.5, 0.6) is 11.5 Å². The molecule has 0 bridgehead atoms. The zero-order valence-corrected chi connectivity index (χ0v) is 22.1. The zero-order chi connectivity index (χ0) is 27.4. The molecule has 198 valence electrons. The van der Waals surface area contributed by atoms with E-state index in [1.54, 1.807) is 30.3 Å². The van der Waals surface area contributed by atoms with E-state index < -0.39 is 5.97 Å². The summed E-state index contributed by atoms with van der Waals surface area (Å²) < 4.78 is 16.8. The largest absolute Gasteiger partial charge is 0.494 e. The number of hydrogen-bond donors (Lipinski definition) is 0. The van der Waals surface area contributed by atoms with Crippen LogP contribution in [0.25, 0.3) is 32.3 Å². The summed E-state index contributed by atoms with van der Waals surface area (Å²) >= 11 is 0. The Morgan fingerprint density at radius 1 is 0.795 bits per heavy atom. The maximum atomic E-state index is 13.0. The van der Waals surface area contributed by atoms with Crippen LogP contribution in [0.2, 0.25) is 0 Å². The Morgan fingerprint density at radius 3 is 2.15 bits per heavy atom. The lowest BCUT2D eigenvalue weighted by Gasteiger charge is -2.15. The van der Waals surface area contributed by atoms with Gasteiger partial charge >= 0.3 is 11.9 Å². The van der Waals surface area contributed by atoms with Gasteiger partial charge in [0.1, 0.15) is 11.5 Å². The molecule has 0 N–H and O–H groups in total. The first-order valence-electron chi connectivity index (χ1n) is 13.3. The van der Waals surface area contributed by atoms with Gasteiger partial charge in [0, 0.05) is 16.3 Å². The van der Waals surface area contributed by atoms with Crippen molar-refractivity contribution < 1.29 is 28.6 Å². The molecule has 0 spiro atoms. The van der Waals surface area contributed by atoms with Crippen molar-refractivity contribution in [2.75, 3.05) is 13.2 Å². The standard InChI is InChI=1S/C33H30O6/c1-3-21(2)32(35)38-19-5-4-18-37-26-13-10-24(11-14-26)33(36)39-29-17-12-23-7-6-22-8-9-25(20-34)27-15-16-28(29)31(23)30(22)27/h6-17,20-21H,3-5,18-19H2,1-2H3. The lowest BCUT2D eigenvalue weighted by Crippen LogP contribution is -2.15. The van der Waals surface area contributed by atoms with Crippen LogP contribution < -0.4 is 9.47 Å². The summed E-state index contributed by atoms with van der Waals surface area (Å²) in [5.74, 6) is 0.421. The van der Waals surface area contributed by atoms with Gasteiger partial charge in [0.05, 0.1) is 24.7 Å². The highest BCUT2D eigenvalue weighted by atomic mass is 16.5. The summed E-state index contributed by atoms with van der Waals surface area (Å²) in [6, 6.07) is 22.2. The van der Waals surface area contributed by atoms with Crippen molar-refractivity contribution in [3.8, 4) is 11.5 Å². The van der Waals surface area contributed by atoms with Gasteiger partial charge in [-0.3, -0.25) is 9.59 Å².